The Hall–Kier alpha value is -0.700. The average molecular weight is 147 g/mol. The summed E-state index contributed by atoms with van der Waals surface area (Å²) in [4.78, 5) is 8.73. The molecule has 0 radical (unpaired) electrons. The fourth-order valence-electron chi connectivity index (χ4n) is 0.477. The molecule has 0 spiro atoms. The predicted molar refractivity (Wildman–Crippen MR) is 34.1 cm³/mol. The van der Waals surface area contributed by atoms with Crippen LogP contribution in [-0.4, -0.2) is 15.3 Å². The maximum Gasteiger partial charge on any atom is 0.195 e. The fraction of sp³-hybridized carbons (Fsp3) is 0.400. The van der Waals surface area contributed by atoms with Crippen LogP contribution in [-0.2, 0) is 0 Å². The van der Waals surface area contributed by atoms with Crippen LogP contribution in [0.2, 0.25) is 0 Å². The predicted octanol–water partition coefficient (Wildman–Crippen LogP) is 0.896. The van der Waals surface area contributed by atoms with Gasteiger partial charge in [-0.25, -0.2) is 4.98 Å². The molecule has 0 bridgehead atoms. The molecule has 0 saturated carbocycles. The van der Waals surface area contributed by atoms with Crippen molar-refractivity contribution in [2.24, 2.45) is 0 Å². The third kappa shape index (κ3) is 1.93. The van der Waals surface area contributed by atoms with Crippen LogP contribution in [0.1, 0.15) is 6.92 Å². The van der Waals surface area contributed by atoms with E-state index in [1.807, 2.05) is 0 Å². The minimum atomic E-state index is -0.320. The van der Waals surface area contributed by atoms with Crippen molar-refractivity contribution in [3.63, 3.8) is 0 Å². The first-order valence-electron chi connectivity index (χ1n) is 2.58. The van der Waals surface area contributed by atoms with Crippen LogP contribution >= 0.6 is 11.6 Å². The van der Waals surface area contributed by atoms with Gasteiger partial charge in [0.05, 0.1) is 6.20 Å². The van der Waals surface area contributed by atoms with Crippen molar-refractivity contribution >= 4 is 11.6 Å². The second-order valence-electron chi connectivity index (χ2n) is 1.57. The minimum Gasteiger partial charge on any atom is -0.394 e. The molecular formula is C5H7ClN2O. The zero-order valence-electron chi connectivity index (χ0n) is 4.99. The Morgan fingerprint density at radius 3 is 3.00 bits per heavy atom. The standard InChI is InChI=1S/C5H7ClN2O/c1-5(6)9-8-3-2-7-4-8/h2-5H,1H3. The van der Waals surface area contributed by atoms with E-state index in [0.29, 0.717) is 0 Å². The minimum absolute atomic E-state index is 0.320. The molecule has 0 aromatic carbocycles. The van der Waals surface area contributed by atoms with Crippen molar-refractivity contribution in [1.82, 2.24) is 9.71 Å². The molecule has 0 aliphatic heterocycles. The van der Waals surface area contributed by atoms with Gasteiger partial charge in [0.1, 0.15) is 6.33 Å². The Morgan fingerprint density at radius 1 is 1.78 bits per heavy atom. The molecule has 1 rings (SSSR count). The van der Waals surface area contributed by atoms with E-state index in [9.17, 15) is 0 Å². The summed E-state index contributed by atoms with van der Waals surface area (Å²) in [6.07, 6.45) is 4.84. The smallest absolute Gasteiger partial charge is 0.195 e. The third-order valence-corrected chi connectivity index (χ3v) is 0.827. The normalized spacial score (nSPS) is 13.1. The summed E-state index contributed by atoms with van der Waals surface area (Å²) < 4.78 is 1.46. The molecule has 1 atom stereocenters. The van der Waals surface area contributed by atoms with Gasteiger partial charge in [0.2, 0.25) is 0 Å². The molecule has 3 nitrogen and oxygen atoms in total. The molecule has 1 heterocycles. The second kappa shape index (κ2) is 2.73. The van der Waals surface area contributed by atoms with Crippen molar-refractivity contribution in [3.8, 4) is 0 Å². The van der Waals surface area contributed by atoms with Crippen LogP contribution in [0.5, 0.6) is 0 Å². The Labute approximate surface area is 58.2 Å². The lowest BCUT2D eigenvalue weighted by Crippen LogP contribution is -2.14. The first kappa shape index (κ1) is 6.42. The van der Waals surface area contributed by atoms with Gasteiger partial charge in [-0.15, -0.1) is 0 Å². The van der Waals surface area contributed by atoms with Gasteiger partial charge >= 0.3 is 0 Å². The Kier molecular flexibility index (Phi) is 1.95. The van der Waals surface area contributed by atoms with Gasteiger partial charge in [-0.3, -0.25) is 0 Å². The molecule has 0 N–H and O–H groups in total. The number of hydrogen-bond acceptors (Lipinski definition) is 2. The summed E-state index contributed by atoms with van der Waals surface area (Å²) >= 11 is 5.50. The fourth-order valence-corrected chi connectivity index (χ4v) is 0.569. The van der Waals surface area contributed by atoms with Crippen molar-refractivity contribution in [1.29, 1.82) is 0 Å². The molecule has 9 heavy (non-hydrogen) atoms. The third-order valence-electron chi connectivity index (χ3n) is 0.747. The average Bonchev–Trinajstić information content (AvgIpc) is 2.15. The highest BCUT2D eigenvalue weighted by Gasteiger charge is 1.94. The maximum absolute atomic E-state index is 5.50. The number of aromatic nitrogens is 2. The SMILES string of the molecule is CC(Cl)On1ccnc1. The molecule has 0 amide bonds. The van der Waals surface area contributed by atoms with E-state index in [4.69, 9.17) is 16.4 Å². The van der Waals surface area contributed by atoms with Crippen LogP contribution in [0.15, 0.2) is 18.7 Å². The van der Waals surface area contributed by atoms with Crippen LogP contribution in [0, 0.1) is 0 Å². The van der Waals surface area contributed by atoms with Crippen molar-refractivity contribution in [2.45, 2.75) is 12.5 Å². The number of rotatable bonds is 2. The van der Waals surface area contributed by atoms with E-state index >= 15 is 0 Å². The lowest BCUT2D eigenvalue weighted by atomic mass is 10.9. The number of halogens is 1. The van der Waals surface area contributed by atoms with Gasteiger partial charge in [-0.05, 0) is 6.92 Å². The van der Waals surface area contributed by atoms with E-state index < -0.39 is 0 Å². The van der Waals surface area contributed by atoms with Gasteiger partial charge in [-0.2, -0.15) is 4.73 Å². The first-order chi connectivity index (χ1) is 4.29. The molecule has 50 valence electrons. The lowest BCUT2D eigenvalue weighted by molar-refractivity contribution is 0.0957. The van der Waals surface area contributed by atoms with E-state index in [0.717, 1.165) is 0 Å². The van der Waals surface area contributed by atoms with Crippen molar-refractivity contribution < 1.29 is 4.84 Å². The molecule has 0 aliphatic carbocycles. The summed E-state index contributed by atoms with van der Waals surface area (Å²) in [5.74, 6) is 0. The summed E-state index contributed by atoms with van der Waals surface area (Å²) in [5, 5.41) is 0. The van der Waals surface area contributed by atoms with Crippen LogP contribution in [0.25, 0.3) is 0 Å². The van der Waals surface area contributed by atoms with E-state index in [1.165, 1.54) is 4.73 Å². The zero-order valence-corrected chi connectivity index (χ0v) is 5.75. The summed E-state index contributed by atoms with van der Waals surface area (Å²) in [5.41, 5.74) is -0.320. The molecule has 4 heteroatoms. The van der Waals surface area contributed by atoms with Crippen LogP contribution in [0.3, 0.4) is 0 Å². The van der Waals surface area contributed by atoms with Crippen LogP contribution < -0.4 is 4.84 Å². The molecule has 1 aromatic rings. The monoisotopic (exact) mass is 146 g/mol. The highest BCUT2D eigenvalue weighted by Crippen LogP contribution is 1.91. The number of nitrogens with zero attached hydrogens (tertiary/aromatic N) is 2. The Balaban J connectivity index is 2.48. The van der Waals surface area contributed by atoms with Gasteiger partial charge in [-0.1, -0.05) is 11.6 Å². The summed E-state index contributed by atoms with van der Waals surface area (Å²) in [6, 6.07) is 0. The van der Waals surface area contributed by atoms with Crippen LogP contribution in [0.4, 0.5) is 0 Å². The van der Waals surface area contributed by atoms with Gasteiger partial charge in [0.25, 0.3) is 0 Å². The molecule has 0 saturated heterocycles. The van der Waals surface area contributed by atoms with E-state index in [2.05, 4.69) is 4.98 Å². The number of hydrogen-bond donors (Lipinski definition) is 0. The topological polar surface area (TPSA) is 27.1 Å². The number of alkyl halides is 1. The largest absolute Gasteiger partial charge is 0.394 e. The van der Waals surface area contributed by atoms with Crippen molar-refractivity contribution in [2.75, 3.05) is 0 Å². The number of imidazole rings is 1. The summed E-state index contributed by atoms with van der Waals surface area (Å²) in [6.45, 7) is 1.74. The van der Waals surface area contributed by atoms with Gasteiger partial charge in [0, 0.05) is 6.20 Å². The first-order valence-corrected chi connectivity index (χ1v) is 3.02. The zero-order chi connectivity index (χ0) is 6.69. The van der Waals surface area contributed by atoms with E-state index in [1.54, 1.807) is 25.6 Å². The molecule has 1 aromatic heterocycles. The highest BCUT2D eigenvalue weighted by atomic mass is 35.5. The highest BCUT2D eigenvalue weighted by molar-refractivity contribution is 6.19. The molecule has 0 aliphatic rings. The lowest BCUT2D eigenvalue weighted by Gasteiger charge is -2.05. The molecule has 1 unspecified atom stereocenters. The van der Waals surface area contributed by atoms with Gasteiger partial charge < -0.3 is 4.84 Å². The summed E-state index contributed by atoms with van der Waals surface area (Å²) in [7, 11) is 0. The molecular weight excluding hydrogens is 140 g/mol. The maximum atomic E-state index is 5.50. The van der Waals surface area contributed by atoms with Crippen molar-refractivity contribution in [3.05, 3.63) is 18.7 Å². The Bertz CT molecular complexity index is 161. The Morgan fingerprint density at radius 2 is 2.56 bits per heavy atom. The van der Waals surface area contributed by atoms with Gasteiger partial charge in [0.15, 0.2) is 5.56 Å². The second-order valence-corrected chi connectivity index (χ2v) is 2.19. The molecule has 0 fully saturated rings. The quantitative estimate of drug-likeness (QED) is 0.580. The van der Waals surface area contributed by atoms with E-state index in [-0.39, 0.29) is 5.56 Å².